The number of hydrogen-bond acceptors (Lipinski definition) is 2. The van der Waals surface area contributed by atoms with E-state index in [0.717, 1.165) is 45.1 Å². The molecule has 0 aromatic heterocycles. The van der Waals surface area contributed by atoms with Crippen molar-refractivity contribution < 1.29 is 9.59 Å². The van der Waals surface area contributed by atoms with Crippen LogP contribution in [0.15, 0.2) is 30.3 Å². The van der Waals surface area contributed by atoms with E-state index in [1.807, 2.05) is 23.1 Å². The molecule has 1 aromatic rings. The van der Waals surface area contributed by atoms with E-state index in [9.17, 15) is 9.59 Å². The fourth-order valence-electron chi connectivity index (χ4n) is 4.60. The number of hydrogen-bond donors (Lipinski definition) is 0. The standard InChI is InChI=1S/C20H28N2O2/c1-15(23)21-12-8-4-7-11-19-20(21)14-18(22(19)16(2)24)13-17-9-5-3-6-10-17/h3,5-6,9-10,18-20H,4,7-8,11-14H2,1-2H3/t18-,19-,20+/m1/s1. The summed E-state index contributed by atoms with van der Waals surface area (Å²) in [5.41, 5.74) is 1.26. The first-order valence-electron chi connectivity index (χ1n) is 9.18. The maximum Gasteiger partial charge on any atom is 0.220 e. The zero-order valence-electron chi connectivity index (χ0n) is 14.8. The van der Waals surface area contributed by atoms with Gasteiger partial charge in [0.15, 0.2) is 0 Å². The van der Waals surface area contributed by atoms with Crippen LogP contribution in [-0.4, -0.2) is 46.3 Å². The molecule has 0 N–H and O–H groups in total. The first-order valence-corrected chi connectivity index (χ1v) is 9.18. The number of carbonyl (C=O) groups excluding carboxylic acids is 2. The summed E-state index contributed by atoms with van der Waals surface area (Å²) in [7, 11) is 0. The molecule has 3 atom stereocenters. The molecule has 130 valence electrons. The fourth-order valence-corrected chi connectivity index (χ4v) is 4.60. The minimum absolute atomic E-state index is 0.146. The van der Waals surface area contributed by atoms with Crippen LogP contribution in [0.4, 0.5) is 0 Å². The van der Waals surface area contributed by atoms with Crippen molar-refractivity contribution in [2.75, 3.05) is 6.54 Å². The Morgan fingerprint density at radius 1 is 1.00 bits per heavy atom. The Morgan fingerprint density at radius 3 is 2.42 bits per heavy atom. The van der Waals surface area contributed by atoms with E-state index < -0.39 is 0 Å². The van der Waals surface area contributed by atoms with Gasteiger partial charge in [0, 0.05) is 26.4 Å². The molecule has 2 aliphatic heterocycles. The Balaban J connectivity index is 1.87. The Hall–Kier alpha value is -1.84. The van der Waals surface area contributed by atoms with Gasteiger partial charge in [-0.15, -0.1) is 0 Å². The molecule has 2 fully saturated rings. The Morgan fingerprint density at radius 2 is 1.75 bits per heavy atom. The van der Waals surface area contributed by atoms with Crippen LogP contribution >= 0.6 is 0 Å². The number of benzene rings is 1. The lowest BCUT2D eigenvalue weighted by molar-refractivity contribution is -0.136. The monoisotopic (exact) mass is 328 g/mol. The molecule has 0 radical (unpaired) electrons. The molecule has 1 aromatic carbocycles. The van der Waals surface area contributed by atoms with Crippen LogP contribution in [0.1, 0.15) is 51.5 Å². The number of amides is 2. The summed E-state index contributed by atoms with van der Waals surface area (Å²) in [6, 6.07) is 10.9. The zero-order chi connectivity index (χ0) is 17.1. The molecule has 24 heavy (non-hydrogen) atoms. The Kier molecular flexibility index (Phi) is 5.22. The van der Waals surface area contributed by atoms with Gasteiger partial charge in [0.05, 0.1) is 12.1 Å². The van der Waals surface area contributed by atoms with Crippen LogP contribution in [0.3, 0.4) is 0 Å². The third kappa shape index (κ3) is 3.47. The van der Waals surface area contributed by atoms with Gasteiger partial charge in [-0.25, -0.2) is 0 Å². The molecule has 4 nitrogen and oxygen atoms in total. The summed E-state index contributed by atoms with van der Waals surface area (Å²) in [6.45, 7) is 4.18. The molecule has 2 heterocycles. The second kappa shape index (κ2) is 7.37. The highest BCUT2D eigenvalue weighted by atomic mass is 16.2. The second-order valence-electron chi connectivity index (χ2n) is 7.20. The van der Waals surface area contributed by atoms with E-state index in [-0.39, 0.29) is 29.9 Å². The largest absolute Gasteiger partial charge is 0.338 e. The maximum atomic E-state index is 12.4. The normalized spacial score (nSPS) is 27.3. The third-order valence-electron chi connectivity index (χ3n) is 5.59. The van der Waals surface area contributed by atoms with Crippen LogP contribution in [-0.2, 0) is 16.0 Å². The number of rotatable bonds is 2. The van der Waals surface area contributed by atoms with Gasteiger partial charge in [0.2, 0.25) is 11.8 Å². The Labute approximate surface area is 144 Å². The van der Waals surface area contributed by atoms with Crippen molar-refractivity contribution in [1.29, 1.82) is 0 Å². The van der Waals surface area contributed by atoms with Crippen molar-refractivity contribution in [3.05, 3.63) is 35.9 Å². The molecule has 2 amide bonds. The predicted molar refractivity (Wildman–Crippen MR) is 94.5 cm³/mol. The molecule has 0 aliphatic carbocycles. The molecular formula is C20H28N2O2. The molecule has 0 bridgehead atoms. The summed E-state index contributed by atoms with van der Waals surface area (Å²) >= 11 is 0. The van der Waals surface area contributed by atoms with Gasteiger partial charge in [0.25, 0.3) is 0 Å². The molecule has 2 saturated heterocycles. The first kappa shape index (κ1) is 17.0. The average Bonchev–Trinajstić information content (AvgIpc) is 2.86. The van der Waals surface area contributed by atoms with Crippen molar-refractivity contribution in [3.63, 3.8) is 0 Å². The molecule has 3 rings (SSSR count). The van der Waals surface area contributed by atoms with Gasteiger partial charge < -0.3 is 9.80 Å². The number of fused-ring (bicyclic) bond motifs is 1. The second-order valence-corrected chi connectivity index (χ2v) is 7.20. The molecule has 0 spiro atoms. The Bertz CT molecular complexity index is 587. The molecule has 0 unspecified atom stereocenters. The van der Waals surface area contributed by atoms with E-state index in [0.29, 0.717) is 0 Å². The highest BCUT2D eigenvalue weighted by Gasteiger charge is 2.45. The van der Waals surface area contributed by atoms with E-state index in [2.05, 4.69) is 17.0 Å². The average molecular weight is 328 g/mol. The highest BCUT2D eigenvalue weighted by molar-refractivity contribution is 5.76. The summed E-state index contributed by atoms with van der Waals surface area (Å²) < 4.78 is 0. The minimum atomic E-state index is 0.146. The zero-order valence-corrected chi connectivity index (χ0v) is 14.8. The quantitative estimate of drug-likeness (QED) is 0.837. The summed E-state index contributed by atoms with van der Waals surface area (Å²) in [6.07, 6.45) is 6.15. The smallest absolute Gasteiger partial charge is 0.220 e. The lowest BCUT2D eigenvalue weighted by atomic mass is 9.96. The van der Waals surface area contributed by atoms with Gasteiger partial charge >= 0.3 is 0 Å². The summed E-state index contributed by atoms with van der Waals surface area (Å²) in [5, 5.41) is 0. The predicted octanol–water partition coefficient (Wildman–Crippen LogP) is 3.01. The molecule has 0 saturated carbocycles. The first-order chi connectivity index (χ1) is 11.6. The van der Waals surface area contributed by atoms with Crippen LogP contribution in [0.5, 0.6) is 0 Å². The molecular weight excluding hydrogens is 300 g/mol. The SMILES string of the molecule is CC(=O)N1CCCCC[C@@H]2[C@@H]1C[C@@H](Cc1ccccc1)N2C(C)=O. The van der Waals surface area contributed by atoms with E-state index in [1.54, 1.807) is 13.8 Å². The highest BCUT2D eigenvalue weighted by Crippen LogP contribution is 2.35. The van der Waals surface area contributed by atoms with Crippen molar-refractivity contribution in [3.8, 4) is 0 Å². The molecule has 4 heteroatoms. The van der Waals surface area contributed by atoms with Crippen molar-refractivity contribution >= 4 is 11.8 Å². The number of carbonyl (C=O) groups is 2. The minimum Gasteiger partial charge on any atom is -0.338 e. The lowest BCUT2D eigenvalue weighted by Gasteiger charge is -2.37. The molecule has 2 aliphatic rings. The maximum absolute atomic E-state index is 12.4. The van der Waals surface area contributed by atoms with Crippen LogP contribution in [0, 0.1) is 0 Å². The van der Waals surface area contributed by atoms with E-state index in [1.165, 1.54) is 5.56 Å². The van der Waals surface area contributed by atoms with Crippen molar-refractivity contribution in [2.45, 2.75) is 70.5 Å². The summed E-state index contributed by atoms with van der Waals surface area (Å²) in [5.74, 6) is 0.295. The third-order valence-corrected chi connectivity index (χ3v) is 5.59. The fraction of sp³-hybridized carbons (Fsp3) is 0.600. The van der Waals surface area contributed by atoms with Gasteiger partial charge in [-0.2, -0.15) is 0 Å². The van der Waals surface area contributed by atoms with E-state index >= 15 is 0 Å². The van der Waals surface area contributed by atoms with Gasteiger partial charge in [-0.05, 0) is 31.2 Å². The summed E-state index contributed by atoms with van der Waals surface area (Å²) in [4.78, 5) is 28.7. The van der Waals surface area contributed by atoms with Gasteiger partial charge in [-0.1, -0.05) is 43.2 Å². The van der Waals surface area contributed by atoms with Gasteiger partial charge in [0.1, 0.15) is 0 Å². The topological polar surface area (TPSA) is 40.6 Å². The van der Waals surface area contributed by atoms with Crippen LogP contribution in [0.25, 0.3) is 0 Å². The van der Waals surface area contributed by atoms with Crippen molar-refractivity contribution in [1.82, 2.24) is 9.80 Å². The van der Waals surface area contributed by atoms with Gasteiger partial charge in [-0.3, -0.25) is 9.59 Å². The van der Waals surface area contributed by atoms with Crippen LogP contribution in [0.2, 0.25) is 0 Å². The van der Waals surface area contributed by atoms with Crippen molar-refractivity contribution in [2.24, 2.45) is 0 Å². The number of nitrogens with zero attached hydrogens (tertiary/aromatic N) is 2. The van der Waals surface area contributed by atoms with Crippen LogP contribution < -0.4 is 0 Å². The number of likely N-dealkylation sites (tertiary alicyclic amines) is 2. The lowest BCUT2D eigenvalue weighted by Crippen LogP contribution is -2.50. The van der Waals surface area contributed by atoms with E-state index in [4.69, 9.17) is 0 Å².